The second kappa shape index (κ2) is 12.7. The van der Waals surface area contributed by atoms with Gasteiger partial charge < -0.3 is 18.9 Å². The van der Waals surface area contributed by atoms with Crippen molar-refractivity contribution in [2.45, 2.75) is 66.9 Å². The third kappa shape index (κ3) is 6.93. The molecule has 1 saturated heterocycles. The van der Waals surface area contributed by atoms with E-state index in [1.165, 1.54) is 19.3 Å². The maximum absolute atomic E-state index is 12.7. The number of esters is 2. The quantitative estimate of drug-likeness (QED) is 0.147. The summed E-state index contributed by atoms with van der Waals surface area (Å²) in [6.07, 6.45) is 3.45. The maximum atomic E-state index is 12.7. The smallest absolute Gasteiger partial charge is 0.316 e. The van der Waals surface area contributed by atoms with E-state index in [1.54, 1.807) is 17.4 Å². The van der Waals surface area contributed by atoms with Gasteiger partial charge in [0.15, 0.2) is 6.10 Å². The van der Waals surface area contributed by atoms with E-state index in [2.05, 4.69) is 17.0 Å². The Labute approximate surface area is 275 Å². The van der Waals surface area contributed by atoms with Crippen molar-refractivity contribution < 1.29 is 28.5 Å². The van der Waals surface area contributed by atoms with Crippen molar-refractivity contribution in [2.24, 2.45) is 10.8 Å². The Morgan fingerprint density at radius 1 is 0.804 bits per heavy atom. The number of piperidine rings is 1. The summed E-state index contributed by atoms with van der Waals surface area (Å²) in [6, 6.07) is 19.5. The van der Waals surface area contributed by atoms with Gasteiger partial charge >= 0.3 is 11.9 Å². The van der Waals surface area contributed by atoms with Gasteiger partial charge in [0.2, 0.25) is 0 Å². The minimum Gasteiger partial charge on any atom is -0.492 e. The topological polar surface area (TPSA) is 74.3 Å². The van der Waals surface area contributed by atoms with Crippen molar-refractivity contribution in [3.05, 3.63) is 71.8 Å². The van der Waals surface area contributed by atoms with E-state index < -0.39 is 16.9 Å². The molecule has 1 unspecified atom stereocenters. The first-order valence-electron chi connectivity index (χ1n) is 16.1. The summed E-state index contributed by atoms with van der Waals surface area (Å²) in [7, 11) is 0. The maximum Gasteiger partial charge on any atom is 0.316 e. The number of benzene rings is 3. The lowest BCUT2D eigenvalue weighted by atomic mass is 9.93. The predicted octanol–water partition coefficient (Wildman–Crippen LogP) is 8.82. The monoisotopic (exact) mass is 641 g/mol. The van der Waals surface area contributed by atoms with Gasteiger partial charge in [-0.3, -0.25) is 14.5 Å². The average molecular weight is 642 g/mol. The molecule has 0 aliphatic carbocycles. The van der Waals surface area contributed by atoms with E-state index >= 15 is 0 Å². The first kappa shape index (κ1) is 32.1. The summed E-state index contributed by atoms with van der Waals surface area (Å²) in [5.41, 5.74) is 1.71. The molecule has 6 rings (SSSR count). The molecule has 2 aliphatic heterocycles. The molecule has 0 N–H and O–H groups in total. The van der Waals surface area contributed by atoms with Crippen LogP contribution in [0.2, 0.25) is 0 Å². The van der Waals surface area contributed by atoms with Gasteiger partial charge in [0.05, 0.1) is 10.8 Å². The largest absolute Gasteiger partial charge is 0.492 e. The van der Waals surface area contributed by atoms with Crippen LogP contribution in [0, 0.1) is 10.8 Å². The molecule has 46 heavy (non-hydrogen) atoms. The molecular formula is C38H43NO6S. The fourth-order valence-electron chi connectivity index (χ4n) is 5.63. The van der Waals surface area contributed by atoms with Crippen LogP contribution in [0.15, 0.2) is 60.7 Å². The summed E-state index contributed by atoms with van der Waals surface area (Å²) in [5.74, 6) is 1.83. The Bertz CT molecular complexity index is 1740. The van der Waals surface area contributed by atoms with Crippen LogP contribution in [-0.4, -0.2) is 43.1 Å². The van der Waals surface area contributed by atoms with Crippen LogP contribution in [0.25, 0.3) is 20.5 Å². The van der Waals surface area contributed by atoms with Gasteiger partial charge in [0.25, 0.3) is 0 Å². The normalized spacial score (nSPS) is 16.7. The molecule has 0 spiro atoms. The molecule has 3 heterocycles. The van der Waals surface area contributed by atoms with Gasteiger partial charge in [-0.2, -0.15) is 0 Å². The first-order chi connectivity index (χ1) is 21.9. The SMILES string of the molecule is CC(C)(C)C(=O)Oc1ccc2c(c1)OC(c1ccc(OCCN3CCCCC3)cc1)c1c-2sc2cc(OC(=O)C(C)(C)C)ccc12. The lowest BCUT2D eigenvalue weighted by molar-refractivity contribution is -0.143. The van der Waals surface area contributed by atoms with Crippen molar-refractivity contribution in [1.82, 2.24) is 4.90 Å². The van der Waals surface area contributed by atoms with E-state index in [4.69, 9.17) is 18.9 Å². The molecule has 0 saturated carbocycles. The number of hydrogen-bond donors (Lipinski definition) is 0. The molecule has 3 aromatic carbocycles. The summed E-state index contributed by atoms with van der Waals surface area (Å²) in [5, 5.41) is 1.04. The van der Waals surface area contributed by atoms with Gasteiger partial charge in [0.1, 0.15) is 29.6 Å². The number of ether oxygens (including phenoxy) is 4. The van der Waals surface area contributed by atoms with Gasteiger partial charge in [-0.15, -0.1) is 11.3 Å². The van der Waals surface area contributed by atoms with Crippen LogP contribution in [0.5, 0.6) is 23.0 Å². The van der Waals surface area contributed by atoms with Crippen molar-refractivity contribution in [3.8, 4) is 33.4 Å². The van der Waals surface area contributed by atoms with Gasteiger partial charge in [0, 0.05) is 38.7 Å². The predicted molar refractivity (Wildman–Crippen MR) is 182 cm³/mol. The molecule has 242 valence electrons. The van der Waals surface area contributed by atoms with E-state index in [0.717, 1.165) is 57.0 Å². The van der Waals surface area contributed by atoms with Crippen molar-refractivity contribution in [2.75, 3.05) is 26.2 Å². The fraction of sp³-hybridized carbons (Fsp3) is 0.421. The molecule has 7 nitrogen and oxygen atoms in total. The number of nitrogens with zero attached hydrogens (tertiary/aromatic N) is 1. The van der Waals surface area contributed by atoms with E-state index in [-0.39, 0.29) is 11.9 Å². The van der Waals surface area contributed by atoms with E-state index in [1.807, 2.05) is 84.0 Å². The highest BCUT2D eigenvalue weighted by atomic mass is 32.1. The Morgan fingerprint density at radius 3 is 2.07 bits per heavy atom. The number of carbonyl (C=O) groups is 2. The Morgan fingerprint density at radius 2 is 1.41 bits per heavy atom. The molecule has 1 aromatic heterocycles. The second-order valence-electron chi connectivity index (χ2n) is 14.3. The first-order valence-corrected chi connectivity index (χ1v) is 17.0. The third-order valence-electron chi connectivity index (χ3n) is 8.36. The van der Waals surface area contributed by atoms with Gasteiger partial charge in [-0.25, -0.2) is 0 Å². The highest BCUT2D eigenvalue weighted by Gasteiger charge is 2.33. The number of thiophene rings is 1. The van der Waals surface area contributed by atoms with Crippen LogP contribution in [0.4, 0.5) is 0 Å². The molecule has 0 radical (unpaired) electrons. The lowest BCUT2D eigenvalue weighted by Gasteiger charge is -2.28. The van der Waals surface area contributed by atoms with Crippen molar-refractivity contribution in [1.29, 1.82) is 0 Å². The second-order valence-corrected chi connectivity index (χ2v) is 15.3. The minimum absolute atomic E-state index is 0.282. The van der Waals surface area contributed by atoms with Gasteiger partial charge in [-0.1, -0.05) is 18.6 Å². The molecule has 2 aliphatic rings. The molecule has 8 heteroatoms. The van der Waals surface area contributed by atoms with Gasteiger partial charge in [-0.05, 0) is 116 Å². The molecule has 1 fully saturated rings. The summed E-state index contributed by atoms with van der Waals surface area (Å²) in [4.78, 5) is 28.8. The number of rotatable bonds is 7. The zero-order valence-corrected chi connectivity index (χ0v) is 28.4. The molecule has 0 amide bonds. The van der Waals surface area contributed by atoms with E-state index in [9.17, 15) is 9.59 Å². The van der Waals surface area contributed by atoms with Crippen LogP contribution < -0.4 is 18.9 Å². The Balaban J connectivity index is 1.32. The molecule has 1 atom stereocenters. The van der Waals surface area contributed by atoms with E-state index in [0.29, 0.717) is 23.9 Å². The highest BCUT2D eigenvalue weighted by molar-refractivity contribution is 7.22. The number of fused-ring (bicyclic) bond motifs is 5. The molecule has 0 bridgehead atoms. The summed E-state index contributed by atoms with van der Waals surface area (Å²) in [6.45, 7) is 14.9. The fourth-order valence-corrected chi connectivity index (χ4v) is 6.92. The molecular weight excluding hydrogens is 598 g/mol. The average Bonchev–Trinajstić information content (AvgIpc) is 3.39. The zero-order chi connectivity index (χ0) is 32.6. The van der Waals surface area contributed by atoms with Crippen LogP contribution in [0.1, 0.15) is 78.0 Å². The lowest BCUT2D eigenvalue weighted by Crippen LogP contribution is -2.33. The number of likely N-dealkylation sites (tertiary alicyclic amines) is 1. The third-order valence-corrected chi connectivity index (χ3v) is 9.56. The van der Waals surface area contributed by atoms with Crippen LogP contribution in [0.3, 0.4) is 0 Å². The summed E-state index contributed by atoms with van der Waals surface area (Å²) < 4.78 is 25.3. The zero-order valence-electron chi connectivity index (χ0n) is 27.6. The van der Waals surface area contributed by atoms with Crippen molar-refractivity contribution in [3.63, 3.8) is 0 Å². The highest BCUT2D eigenvalue weighted by Crippen LogP contribution is 2.53. The standard InChI is InChI=1S/C38H43NO6S/c1-37(2,3)35(40)43-26-14-16-28-30(22-26)45-33(24-10-12-25(13-11-24)42-21-20-39-18-8-7-9-19-39)32-29-17-15-27(23-31(29)46-34(28)32)44-36(41)38(4,5)6/h10-17,22-23,33H,7-9,18-21H2,1-6H3. The minimum atomic E-state index is -0.635. The van der Waals surface area contributed by atoms with Crippen LogP contribution >= 0.6 is 11.3 Å². The Hall–Kier alpha value is -3.88. The van der Waals surface area contributed by atoms with Crippen molar-refractivity contribution >= 4 is 33.4 Å². The number of hydrogen-bond acceptors (Lipinski definition) is 8. The molecule has 4 aromatic rings. The summed E-state index contributed by atoms with van der Waals surface area (Å²) >= 11 is 1.63. The van der Waals surface area contributed by atoms with Crippen LogP contribution in [-0.2, 0) is 9.59 Å². The number of carbonyl (C=O) groups excluding carboxylic acids is 2. The Kier molecular flexibility index (Phi) is 8.87.